The third kappa shape index (κ3) is 9.73. The fraction of sp³-hybridized carbons (Fsp3) is 0.379. The fourth-order valence-electron chi connectivity index (χ4n) is 3.91. The Morgan fingerprint density at radius 2 is 1.84 bits per heavy atom. The number of aromatic nitrogens is 1. The first kappa shape index (κ1) is 33.4. The number of carbonyl (C=O) groups excluding carboxylic acids is 3. The molecule has 232 valence electrons. The summed E-state index contributed by atoms with van der Waals surface area (Å²) in [5.41, 5.74) is 6.12. The van der Waals surface area contributed by atoms with Crippen molar-refractivity contribution in [3.63, 3.8) is 0 Å². The van der Waals surface area contributed by atoms with E-state index < -0.39 is 54.5 Å². The van der Waals surface area contributed by atoms with Gasteiger partial charge in [0.2, 0.25) is 0 Å². The zero-order valence-electron chi connectivity index (χ0n) is 23.9. The number of urea groups is 1. The number of fused-ring (bicyclic) bond motifs is 1. The number of carbonyl (C=O) groups is 3. The van der Waals surface area contributed by atoms with Crippen LogP contribution in [0.4, 0.5) is 24.2 Å². The Balaban J connectivity index is 1.65. The molecule has 3 rings (SSSR count). The summed E-state index contributed by atoms with van der Waals surface area (Å²) in [5.74, 6) is -1.86. The van der Waals surface area contributed by atoms with Crippen LogP contribution in [0.1, 0.15) is 25.8 Å². The van der Waals surface area contributed by atoms with E-state index in [4.69, 9.17) is 26.8 Å². The molecule has 0 bridgehead atoms. The number of anilines is 1. The summed E-state index contributed by atoms with van der Waals surface area (Å²) in [7, 11) is 1.40. The average molecular weight is 622 g/mol. The predicted molar refractivity (Wildman–Crippen MR) is 156 cm³/mol. The second kappa shape index (κ2) is 15.4. The summed E-state index contributed by atoms with van der Waals surface area (Å²) in [6.45, 7) is 2.60. The maximum Gasteiger partial charge on any atom is 0.412 e. The van der Waals surface area contributed by atoms with Crippen molar-refractivity contribution in [3.8, 4) is 0 Å². The van der Waals surface area contributed by atoms with Gasteiger partial charge in [-0.15, -0.1) is 0 Å². The molecule has 3 aromatic rings. The van der Waals surface area contributed by atoms with Crippen LogP contribution in [0.25, 0.3) is 10.8 Å². The number of amides is 3. The van der Waals surface area contributed by atoms with E-state index in [2.05, 4.69) is 15.6 Å². The molecule has 1 heterocycles. The van der Waals surface area contributed by atoms with E-state index in [1.54, 1.807) is 26.0 Å². The first-order valence-corrected chi connectivity index (χ1v) is 13.8. The summed E-state index contributed by atoms with van der Waals surface area (Å²) in [4.78, 5) is 42.9. The molecule has 0 spiro atoms. The second-order valence-corrected chi connectivity index (χ2v) is 10.6. The number of ether oxygens (including phenoxy) is 2. The van der Waals surface area contributed by atoms with E-state index >= 15 is 0 Å². The lowest BCUT2D eigenvalue weighted by molar-refractivity contribution is -0.149. The van der Waals surface area contributed by atoms with Gasteiger partial charge in [-0.05, 0) is 47.2 Å². The number of rotatable bonds is 12. The van der Waals surface area contributed by atoms with E-state index in [-0.39, 0.29) is 36.3 Å². The molecule has 0 aliphatic heterocycles. The van der Waals surface area contributed by atoms with Crippen molar-refractivity contribution >= 4 is 46.3 Å². The van der Waals surface area contributed by atoms with E-state index in [0.717, 1.165) is 0 Å². The number of halogens is 3. The molecule has 0 saturated carbocycles. The lowest BCUT2D eigenvalue weighted by Crippen LogP contribution is -2.47. The number of aliphatic hydroxyl groups is 1. The van der Waals surface area contributed by atoms with Crippen molar-refractivity contribution in [2.75, 3.05) is 25.6 Å². The van der Waals surface area contributed by atoms with Crippen molar-refractivity contribution in [2.45, 2.75) is 45.0 Å². The molecule has 43 heavy (non-hydrogen) atoms. The van der Waals surface area contributed by atoms with Crippen LogP contribution in [0, 0.1) is 17.6 Å². The van der Waals surface area contributed by atoms with Gasteiger partial charge in [-0.1, -0.05) is 37.6 Å². The molecule has 0 saturated heterocycles. The number of aliphatic hydroxyl groups excluding tert-OH is 1. The van der Waals surface area contributed by atoms with Crippen LogP contribution in [-0.4, -0.2) is 71.5 Å². The van der Waals surface area contributed by atoms with E-state index in [9.17, 15) is 28.3 Å². The molecular weight excluding hydrogens is 588 g/mol. The SMILES string of the molecule is CC(C)[C@H](N)C(=O)OCC(O)C[C@@H](COC(=O)Nc1cc2cc(F)ccc2cn1)N(C)C(=O)NCc1cccc(F)c1Cl. The Labute approximate surface area is 252 Å². The molecule has 2 aromatic carbocycles. The smallest absolute Gasteiger partial charge is 0.412 e. The quantitative estimate of drug-likeness (QED) is 0.219. The number of nitrogens with two attached hydrogens (primary N) is 1. The van der Waals surface area contributed by atoms with Gasteiger partial charge in [-0.2, -0.15) is 0 Å². The largest absolute Gasteiger partial charge is 0.462 e. The predicted octanol–water partition coefficient (Wildman–Crippen LogP) is 4.20. The fourth-order valence-corrected chi connectivity index (χ4v) is 4.10. The number of nitrogens with zero attached hydrogens (tertiary/aromatic N) is 2. The van der Waals surface area contributed by atoms with Crippen LogP contribution in [-0.2, 0) is 20.8 Å². The minimum absolute atomic E-state index is 0.102. The van der Waals surface area contributed by atoms with Gasteiger partial charge < -0.3 is 30.5 Å². The van der Waals surface area contributed by atoms with Gasteiger partial charge in [-0.3, -0.25) is 10.1 Å². The van der Waals surface area contributed by atoms with Crippen LogP contribution in [0.3, 0.4) is 0 Å². The van der Waals surface area contributed by atoms with Crippen molar-refractivity contribution in [1.82, 2.24) is 15.2 Å². The number of esters is 1. The number of pyridine rings is 1. The zero-order valence-corrected chi connectivity index (χ0v) is 24.6. The minimum Gasteiger partial charge on any atom is -0.462 e. The highest BCUT2D eigenvalue weighted by atomic mass is 35.5. The third-order valence-corrected chi connectivity index (χ3v) is 7.03. The first-order valence-electron chi connectivity index (χ1n) is 13.4. The highest BCUT2D eigenvalue weighted by Gasteiger charge is 2.27. The van der Waals surface area contributed by atoms with E-state index in [1.165, 1.54) is 48.5 Å². The van der Waals surface area contributed by atoms with Gasteiger partial charge in [0.25, 0.3) is 0 Å². The second-order valence-electron chi connectivity index (χ2n) is 10.2. The molecule has 1 unspecified atom stereocenters. The van der Waals surface area contributed by atoms with Gasteiger partial charge in [0, 0.05) is 31.6 Å². The number of likely N-dealkylation sites (N-methyl/N-ethyl adjacent to an activating group) is 1. The molecule has 3 amide bonds. The molecule has 5 N–H and O–H groups in total. The van der Waals surface area contributed by atoms with Crippen molar-refractivity contribution < 1.29 is 37.7 Å². The topological polar surface area (TPSA) is 156 Å². The number of hydrogen-bond donors (Lipinski definition) is 4. The highest BCUT2D eigenvalue weighted by molar-refractivity contribution is 6.31. The summed E-state index contributed by atoms with van der Waals surface area (Å²) < 4.78 is 37.8. The lowest BCUT2D eigenvalue weighted by Gasteiger charge is -2.29. The van der Waals surface area contributed by atoms with Crippen LogP contribution in [0.5, 0.6) is 0 Å². The third-order valence-electron chi connectivity index (χ3n) is 6.60. The first-order chi connectivity index (χ1) is 20.3. The molecule has 0 aliphatic carbocycles. The highest BCUT2D eigenvalue weighted by Crippen LogP contribution is 2.20. The Morgan fingerprint density at radius 1 is 1.09 bits per heavy atom. The molecule has 11 nitrogen and oxygen atoms in total. The Kier molecular flexibility index (Phi) is 12.0. The molecule has 1 aromatic heterocycles. The Bertz CT molecular complexity index is 1450. The van der Waals surface area contributed by atoms with Crippen molar-refractivity contribution in [2.24, 2.45) is 11.7 Å². The number of hydrogen-bond acceptors (Lipinski definition) is 8. The van der Waals surface area contributed by atoms with Crippen LogP contribution >= 0.6 is 11.6 Å². The maximum atomic E-state index is 13.8. The monoisotopic (exact) mass is 621 g/mol. The van der Waals surface area contributed by atoms with Crippen LogP contribution < -0.4 is 16.4 Å². The summed E-state index contributed by atoms with van der Waals surface area (Å²) in [5, 5.41) is 16.7. The molecule has 14 heteroatoms. The standard InChI is InChI=1S/C29H34ClF2N5O6/c1-16(2)26(33)27(39)42-15-22(38)11-21(37(3)28(40)35-13-18-5-4-6-23(32)25(18)30)14-43-29(41)36-24-10-19-9-20(31)8-7-17(19)12-34-24/h4-10,12,16,21-22,26,38H,11,13-15,33H2,1-3H3,(H,35,40)(H,34,36,41)/t21-,22?,26-/m0/s1. The maximum absolute atomic E-state index is 13.8. The Hall–Kier alpha value is -4.07. The zero-order chi connectivity index (χ0) is 31.7. The summed E-state index contributed by atoms with van der Waals surface area (Å²) in [6.07, 6.45) is -0.864. The summed E-state index contributed by atoms with van der Waals surface area (Å²) in [6, 6.07) is 7.36. The molecule has 0 radical (unpaired) electrons. The molecule has 0 fully saturated rings. The normalized spacial score (nSPS) is 13.2. The lowest BCUT2D eigenvalue weighted by atomic mass is 10.1. The van der Waals surface area contributed by atoms with Gasteiger partial charge in [0.15, 0.2) is 0 Å². The number of nitrogens with one attached hydrogen (secondary N) is 2. The van der Waals surface area contributed by atoms with Gasteiger partial charge in [0.05, 0.1) is 17.2 Å². The van der Waals surface area contributed by atoms with Crippen molar-refractivity contribution in [3.05, 3.63) is 70.9 Å². The van der Waals surface area contributed by atoms with Gasteiger partial charge in [-0.25, -0.2) is 23.4 Å². The minimum atomic E-state index is -1.25. The van der Waals surface area contributed by atoms with Crippen LogP contribution in [0.2, 0.25) is 5.02 Å². The number of benzene rings is 2. The molecule has 3 atom stereocenters. The van der Waals surface area contributed by atoms with Gasteiger partial charge in [0.1, 0.15) is 36.7 Å². The van der Waals surface area contributed by atoms with E-state index in [1.807, 2.05) is 0 Å². The van der Waals surface area contributed by atoms with Gasteiger partial charge >= 0.3 is 18.1 Å². The molecular formula is C29H34ClF2N5O6. The average Bonchev–Trinajstić information content (AvgIpc) is 2.97. The summed E-state index contributed by atoms with van der Waals surface area (Å²) >= 11 is 5.97. The van der Waals surface area contributed by atoms with E-state index in [0.29, 0.717) is 16.3 Å². The molecule has 0 aliphatic rings. The van der Waals surface area contributed by atoms with Crippen molar-refractivity contribution in [1.29, 1.82) is 0 Å². The van der Waals surface area contributed by atoms with Crippen LogP contribution in [0.15, 0.2) is 48.7 Å². The Morgan fingerprint density at radius 3 is 2.56 bits per heavy atom.